The van der Waals surface area contributed by atoms with Crippen LogP contribution in [0.1, 0.15) is 48.0 Å². The Balaban J connectivity index is 2.18. The van der Waals surface area contributed by atoms with Crippen molar-refractivity contribution in [1.29, 1.82) is 0 Å². The number of hydrogen-bond acceptors (Lipinski definition) is 3. The summed E-state index contributed by atoms with van der Waals surface area (Å²) in [5.74, 6) is 0.332. The van der Waals surface area contributed by atoms with Crippen LogP contribution in [0.3, 0.4) is 0 Å². The number of benzene rings is 2. The summed E-state index contributed by atoms with van der Waals surface area (Å²) in [6, 6.07) is 15.5. The van der Waals surface area contributed by atoms with E-state index in [1.165, 1.54) is 0 Å². The molecular formula is C22H26N4O. The number of para-hydroxylation sites is 2. The largest absolute Gasteiger partial charge is 0.366 e. The summed E-state index contributed by atoms with van der Waals surface area (Å²) >= 11 is 0. The Labute approximate surface area is 160 Å². The van der Waals surface area contributed by atoms with Crippen LogP contribution in [-0.2, 0) is 5.41 Å². The smallest absolute Gasteiger partial charge is 0.250 e. The molecule has 0 saturated carbocycles. The molecule has 0 bridgehead atoms. The maximum absolute atomic E-state index is 11.8. The third-order valence-corrected chi connectivity index (χ3v) is 4.58. The number of rotatable bonds is 4. The minimum atomic E-state index is -0.465. The van der Waals surface area contributed by atoms with E-state index in [1.54, 1.807) is 12.1 Å². The highest BCUT2D eigenvalue weighted by molar-refractivity contribution is 5.99. The summed E-state index contributed by atoms with van der Waals surface area (Å²) in [7, 11) is 0. The lowest BCUT2D eigenvalue weighted by atomic mass is 9.92. The van der Waals surface area contributed by atoms with Crippen molar-refractivity contribution in [2.75, 3.05) is 5.32 Å². The van der Waals surface area contributed by atoms with Gasteiger partial charge in [0.1, 0.15) is 5.82 Å². The van der Waals surface area contributed by atoms with Crippen LogP contribution in [0.5, 0.6) is 0 Å². The number of carbonyl (C=O) groups excluding carboxylic acids is 1. The van der Waals surface area contributed by atoms with Crippen LogP contribution in [0.15, 0.2) is 48.5 Å². The molecule has 0 aliphatic rings. The van der Waals surface area contributed by atoms with Gasteiger partial charge < -0.3 is 11.1 Å². The molecule has 3 aromatic rings. The van der Waals surface area contributed by atoms with Crippen LogP contribution < -0.4 is 11.1 Å². The van der Waals surface area contributed by atoms with Crippen molar-refractivity contribution in [3.63, 3.8) is 0 Å². The normalized spacial score (nSPS) is 11.4. The second-order valence-electron chi connectivity index (χ2n) is 7.85. The fourth-order valence-corrected chi connectivity index (χ4v) is 3.09. The molecule has 3 N–H and O–H groups in total. The Hall–Kier alpha value is -3.08. The molecule has 1 heterocycles. The van der Waals surface area contributed by atoms with Gasteiger partial charge in [0.2, 0.25) is 0 Å². The van der Waals surface area contributed by atoms with E-state index in [4.69, 9.17) is 10.8 Å². The molecule has 0 atom stereocenters. The SMILES string of the molecule is Cc1cccc(C)c1-n1nc(C(C)(C)C)cc1Nc1ccccc1C(N)=O. The molecule has 0 radical (unpaired) electrons. The molecule has 0 aliphatic heterocycles. The molecule has 3 rings (SSSR count). The van der Waals surface area contributed by atoms with E-state index in [9.17, 15) is 4.79 Å². The summed E-state index contributed by atoms with van der Waals surface area (Å²) in [5.41, 5.74) is 10.8. The van der Waals surface area contributed by atoms with Gasteiger partial charge in [0, 0.05) is 11.5 Å². The van der Waals surface area contributed by atoms with Crippen molar-refractivity contribution < 1.29 is 4.79 Å². The minimum absolute atomic E-state index is 0.110. The molecule has 0 unspecified atom stereocenters. The van der Waals surface area contributed by atoms with Crippen LogP contribution in [0.25, 0.3) is 5.69 Å². The molecule has 1 aromatic heterocycles. The maximum atomic E-state index is 11.8. The first-order valence-corrected chi connectivity index (χ1v) is 9.01. The van der Waals surface area contributed by atoms with Gasteiger partial charge in [0.05, 0.1) is 22.6 Å². The number of hydrogen-bond donors (Lipinski definition) is 2. The Bertz CT molecular complexity index is 976. The molecule has 27 heavy (non-hydrogen) atoms. The van der Waals surface area contributed by atoms with Gasteiger partial charge in [-0.3, -0.25) is 4.79 Å². The number of nitrogens with two attached hydrogens (primary N) is 1. The van der Waals surface area contributed by atoms with Crippen molar-refractivity contribution in [3.05, 3.63) is 70.9 Å². The lowest BCUT2D eigenvalue weighted by molar-refractivity contribution is 0.100. The lowest BCUT2D eigenvalue weighted by Gasteiger charge is -2.16. The zero-order valence-electron chi connectivity index (χ0n) is 16.5. The quantitative estimate of drug-likeness (QED) is 0.711. The lowest BCUT2D eigenvalue weighted by Crippen LogP contribution is -2.14. The van der Waals surface area contributed by atoms with Gasteiger partial charge in [-0.05, 0) is 37.1 Å². The second kappa shape index (κ2) is 6.91. The minimum Gasteiger partial charge on any atom is -0.366 e. The first-order chi connectivity index (χ1) is 12.7. The van der Waals surface area contributed by atoms with E-state index >= 15 is 0 Å². The number of primary amides is 1. The van der Waals surface area contributed by atoms with Gasteiger partial charge >= 0.3 is 0 Å². The number of carbonyl (C=O) groups is 1. The number of amides is 1. The number of aromatic nitrogens is 2. The summed E-state index contributed by atoms with van der Waals surface area (Å²) < 4.78 is 1.92. The van der Waals surface area contributed by atoms with E-state index in [2.05, 4.69) is 52.1 Å². The van der Waals surface area contributed by atoms with Crippen LogP contribution in [0.2, 0.25) is 0 Å². The van der Waals surface area contributed by atoms with Crippen molar-refractivity contribution in [2.45, 2.75) is 40.0 Å². The van der Waals surface area contributed by atoms with Crippen molar-refractivity contribution in [2.24, 2.45) is 5.73 Å². The second-order valence-corrected chi connectivity index (χ2v) is 7.85. The molecule has 2 aromatic carbocycles. The van der Waals surface area contributed by atoms with Crippen molar-refractivity contribution in [3.8, 4) is 5.69 Å². The molecular weight excluding hydrogens is 336 g/mol. The predicted octanol–water partition coefficient (Wildman–Crippen LogP) is 4.63. The number of nitrogens with zero attached hydrogens (tertiary/aromatic N) is 2. The Morgan fingerprint density at radius 3 is 2.26 bits per heavy atom. The highest BCUT2D eigenvalue weighted by Crippen LogP contribution is 2.31. The van der Waals surface area contributed by atoms with Crippen LogP contribution >= 0.6 is 0 Å². The summed E-state index contributed by atoms with van der Waals surface area (Å²) in [4.78, 5) is 11.8. The van der Waals surface area contributed by atoms with Crippen molar-refractivity contribution >= 4 is 17.4 Å². The highest BCUT2D eigenvalue weighted by Gasteiger charge is 2.22. The van der Waals surface area contributed by atoms with Gasteiger partial charge in [-0.15, -0.1) is 0 Å². The van der Waals surface area contributed by atoms with Gasteiger partial charge in [-0.1, -0.05) is 51.1 Å². The van der Waals surface area contributed by atoms with Gasteiger partial charge in [-0.25, -0.2) is 4.68 Å². The van der Waals surface area contributed by atoms with Gasteiger partial charge in [-0.2, -0.15) is 5.10 Å². The predicted molar refractivity (Wildman–Crippen MR) is 110 cm³/mol. The first kappa shape index (κ1) is 18.7. The number of nitrogens with one attached hydrogen (secondary N) is 1. The zero-order chi connectivity index (χ0) is 19.8. The Morgan fingerprint density at radius 1 is 1.04 bits per heavy atom. The zero-order valence-corrected chi connectivity index (χ0v) is 16.5. The van der Waals surface area contributed by atoms with Crippen LogP contribution in [0, 0.1) is 13.8 Å². The van der Waals surface area contributed by atoms with Crippen LogP contribution in [0.4, 0.5) is 11.5 Å². The molecule has 1 amide bonds. The summed E-state index contributed by atoms with van der Waals surface area (Å²) in [5, 5.41) is 8.25. The number of anilines is 2. The third-order valence-electron chi connectivity index (χ3n) is 4.58. The monoisotopic (exact) mass is 362 g/mol. The molecule has 5 heteroatoms. The van der Waals surface area contributed by atoms with Gasteiger partial charge in [0.25, 0.3) is 5.91 Å². The molecule has 0 saturated heterocycles. The Morgan fingerprint density at radius 2 is 1.67 bits per heavy atom. The summed E-state index contributed by atoms with van der Waals surface area (Å²) in [6.07, 6.45) is 0. The van der Waals surface area contributed by atoms with E-state index < -0.39 is 5.91 Å². The molecule has 5 nitrogen and oxygen atoms in total. The van der Waals surface area contributed by atoms with E-state index in [0.29, 0.717) is 11.3 Å². The average molecular weight is 362 g/mol. The summed E-state index contributed by atoms with van der Waals surface area (Å²) in [6.45, 7) is 10.5. The fraction of sp³-hybridized carbons (Fsp3) is 0.273. The standard InChI is InChI=1S/C22H26N4O/c1-14-9-8-10-15(2)20(14)26-19(13-18(25-26)22(3,4)5)24-17-12-7-6-11-16(17)21(23)27/h6-13,24H,1-5H3,(H2,23,27). The van der Waals surface area contributed by atoms with Crippen LogP contribution in [-0.4, -0.2) is 15.7 Å². The molecule has 0 aliphatic carbocycles. The fourth-order valence-electron chi connectivity index (χ4n) is 3.09. The molecule has 0 fully saturated rings. The Kier molecular flexibility index (Phi) is 4.79. The maximum Gasteiger partial charge on any atom is 0.250 e. The van der Waals surface area contributed by atoms with Gasteiger partial charge in [0.15, 0.2) is 0 Å². The first-order valence-electron chi connectivity index (χ1n) is 9.01. The topological polar surface area (TPSA) is 72.9 Å². The van der Waals surface area contributed by atoms with E-state index in [1.807, 2.05) is 28.9 Å². The average Bonchev–Trinajstić information content (AvgIpc) is 2.99. The number of aryl methyl sites for hydroxylation is 2. The molecule has 140 valence electrons. The molecule has 0 spiro atoms. The highest BCUT2D eigenvalue weighted by atomic mass is 16.1. The third kappa shape index (κ3) is 3.72. The van der Waals surface area contributed by atoms with Crippen molar-refractivity contribution in [1.82, 2.24) is 9.78 Å². The van der Waals surface area contributed by atoms with E-state index in [0.717, 1.165) is 28.3 Å². The van der Waals surface area contributed by atoms with E-state index in [-0.39, 0.29) is 5.41 Å².